The van der Waals surface area contributed by atoms with Crippen molar-refractivity contribution in [2.45, 2.75) is 32.6 Å². The van der Waals surface area contributed by atoms with Crippen LogP contribution in [0.25, 0.3) is 0 Å². The molecule has 0 aromatic heterocycles. The molecule has 2 aliphatic rings. The summed E-state index contributed by atoms with van der Waals surface area (Å²) in [6.07, 6.45) is 3.13. The van der Waals surface area contributed by atoms with Gasteiger partial charge in [-0.15, -0.1) is 0 Å². The van der Waals surface area contributed by atoms with E-state index in [9.17, 15) is 9.59 Å². The van der Waals surface area contributed by atoms with Gasteiger partial charge >= 0.3 is 0 Å². The molecule has 1 aliphatic heterocycles. The van der Waals surface area contributed by atoms with Crippen molar-refractivity contribution in [3.63, 3.8) is 0 Å². The fourth-order valence-electron chi connectivity index (χ4n) is 3.96. The smallest absolute Gasteiger partial charge is 0.197 e. The molecule has 1 heterocycles. The Labute approximate surface area is 159 Å². The Morgan fingerprint density at radius 2 is 1.85 bits per heavy atom. The van der Waals surface area contributed by atoms with E-state index in [0.29, 0.717) is 30.1 Å². The van der Waals surface area contributed by atoms with Crippen LogP contribution in [0.3, 0.4) is 0 Å². The molecule has 2 aromatic rings. The number of rotatable bonds is 3. The van der Waals surface area contributed by atoms with Crippen LogP contribution in [0.4, 0.5) is 0 Å². The molecule has 1 atom stereocenters. The maximum absolute atomic E-state index is 12.9. The fourth-order valence-corrected chi connectivity index (χ4v) is 3.96. The first-order chi connectivity index (χ1) is 13.0. The van der Waals surface area contributed by atoms with E-state index in [1.54, 1.807) is 6.07 Å². The Balaban J connectivity index is 1.60. The fraction of sp³-hybridized carbons (Fsp3) is 0.250. The molecule has 0 amide bonds. The van der Waals surface area contributed by atoms with E-state index >= 15 is 0 Å². The standard InChI is InChI=1S/C24H22O3/c1-15-10-16(2)23(21(25)11-15)24(26)19-9-8-18-12-20(14-27-22(18)13-19)17-6-4-3-5-7-17/h3-10,13,20H,11-12,14H2,1-2H3. The first-order valence-electron chi connectivity index (χ1n) is 9.29. The normalized spacial score (nSPS) is 19.3. The molecule has 0 bridgehead atoms. The molecule has 1 unspecified atom stereocenters. The summed E-state index contributed by atoms with van der Waals surface area (Å²) in [7, 11) is 0. The summed E-state index contributed by atoms with van der Waals surface area (Å²) in [5.41, 5.74) is 4.93. The highest BCUT2D eigenvalue weighted by molar-refractivity contribution is 6.28. The number of fused-ring (bicyclic) bond motifs is 1. The molecular formula is C24H22O3. The first-order valence-corrected chi connectivity index (χ1v) is 9.29. The van der Waals surface area contributed by atoms with E-state index in [1.165, 1.54) is 5.56 Å². The quantitative estimate of drug-likeness (QED) is 0.583. The average molecular weight is 358 g/mol. The maximum atomic E-state index is 12.9. The van der Waals surface area contributed by atoms with E-state index in [-0.39, 0.29) is 11.6 Å². The molecule has 3 heteroatoms. The van der Waals surface area contributed by atoms with Crippen LogP contribution in [0.2, 0.25) is 0 Å². The molecule has 0 saturated carbocycles. The Bertz CT molecular complexity index is 980. The zero-order valence-electron chi connectivity index (χ0n) is 15.6. The van der Waals surface area contributed by atoms with E-state index < -0.39 is 0 Å². The van der Waals surface area contributed by atoms with Crippen LogP contribution in [0, 0.1) is 0 Å². The summed E-state index contributed by atoms with van der Waals surface area (Å²) >= 11 is 0. The molecule has 3 nitrogen and oxygen atoms in total. The molecule has 1 aliphatic carbocycles. The summed E-state index contributed by atoms with van der Waals surface area (Å²) in [5.74, 6) is 0.762. The Morgan fingerprint density at radius 1 is 1.07 bits per heavy atom. The summed E-state index contributed by atoms with van der Waals surface area (Å²) in [6.45, 7) is 4.34. The lowest BCUT2D eigenvalue weighted by Crippen LogP contribution is -2.21. The topological polar surface area (TPSA) is 43.4 Å². The van der Waals surface area contributed by atoms with E-state index in [2.05, 4.69) is 12.1 Å². The van der Waals surface area contributed by atoms with Gasteiger partial charge in [0.15, 0.2) is 11.6 Å². The zero-order valence-corrected chi connectivity index (χ0v) is 15.6. The van der Waals surface area contributed by atoms with Gasteiger partial charge in [0.05, 0.1) is 12.2 Å². The lowest BCUT2D eigenvalue weighted by molar-refractivity contribution is -0.114. The maximum Gasteiger partial charge on any atom is 0.197 e. The number of allylic oxidation sites excluding steroid dienone is 4. The average Bonchev–Trinajstić information content (AvgIpc) is 2.67. The van der Waals surface area contributed by atoms with Crippen LogP contribution < -0.4 is 4.74 Å². The molecule has 2 aromatic carbocycles. The van der Waals surface area contributed by atoms with Crippen LogP contribution in [-0.4, -0.2) is 18.2 Å². The number of benzene rings is 2. The molecule has 0 spiro atoms. The number of carbonyl (C=O) groups is 2. The third kappa shape index (κ3) is 3.37. The Morgan fingerprint density at radius 3 is 2.59 bits per heavy atom. The minimum Gasteiger partial charge on any atom is -0.493 e. The van der Waals surface area contributed by atoms with Gasteiger partial charge in [-0.1, -0.05) is 54.1 Å². The highest BCUT2D eigenvalue weighted by Gasteiger charge is 2.27. The van der Waals surface area contributed by atoms with Crippen LogP contribution in [0.1, 0.15) is 47.7 Å². The molecule has 0 N–H and O–H groups in total. The van der Waals surface area contributed by atoms with Gasteiger partial charge < -0.3 is 4.74 Å². The van der Waals surface area contributed by atoms with Crippen molar-refractivity contribution in [2.75, 3.05) is 6.61 Å². The van der Waals surface area contributed by atoms with Crippen molar-refractivity contribution in [3.8, 4) is 5.75 Å². The lowest BCUT2D eigenvalue weighted by atomic mass is 9.86. The predicted octanol–water partition coefficient (Wildman–Crippen LogP) is 4.82. The van der Waals surface area contributed by atoms with Crippen molar-refractivity contribution in [3.05, 3.63) is 88.0 Å². The van der Waals surface area contributed by atoms with Crippen LogP contribution in [0.15, 0.2) is 71.3 Å². The number of Topliss-reactive ketones (excluding diaryl/α,β-unsaturated/α-hetero) is 2. The summed E-state index contributed by atoms with van der Waals surface area (Å²) in [6, 6.07) is 15.9. The van der Waals surface area contributed by atoms with Crippen LogP contribution in [-0.2, 0) is 11.2 Å². The van der Waals surface area contributed by atoms with Crippen molar-refractivity contribution >= 4 is 11.6 Å². The van der Waals surface area contributed by atoms with Crippen molar-refractivity contribution < 1.29 is 14.3 Å². The molecule has 0 fully saturated rings. The van der Waals surface area contributed by atoms with Gasteiger partial charge in [0, 0.05) is 17.9 Å². The van der Waals surface area contributed by atoms with Gasteiger partial charge in [-0.3, -0.25) is 9.59 Å². The van der Waals surface area contributed by atoms with E-state index in [4.69, 9.17) is 4.74 Å². The van der Waals surface area contributed by atoms with Gasteiger partial charge in [0.2, 0.25) is 0 Å². The minimum atomic E-state index is -0.210. The number of ether oxygens (including phenoxy) is 1. The molecule has 0 radical (unpaired) electrons. The first kappa shape index (κ1) is 17.5. The van der Waals surface area contributed by atoms with Gasteiger partial charge in [-0.25, -0.2) is 0 Å². The van der Waals surface area contributed by atoms with Crippen molar-refractivity contribution in [2.24, 2.45) is 0 Å². The molecule has 4 rings (SSSR count). The third-order valence-electron chi connectivity index (χ3n) is 5.31. The van der Waals surface area contributed by atoms with Gasteiger partial charge in [0.25, 0.3) is 0 Å². The summed E-state index contributed by atoms with van der Waals surface area (Å²) < 4.78 is 5.97. The number of hydrogen-bond donors (Lipinski definition) is 0. The second kappa shape index (κ2) is 6.99. The molecule has 27 heavy (non-hydrogen) atoms. The second-order valence-corrected chi connectivity index (χ2v) is 7.42. The summed E-state index contributed by atoms with van der Waals surface area (Å²) in [4.78, 5) is 25.3. The van der Waals surface area contributed by atoms with Gasteiger partial charge in [-0.05, 0) is 43.0 Å². The zero-order chi connectivity index (χ0) is 19.0. The summed E-state index contributed by atoms with van der Waals surface area (Å²) in [5, 5.41) is 0. The number of hydrogen-bond acceptors (Lipinski definition) is 3. The van der Waals surface area contributed by atoms with Gasteiger partial charge in [0.1, 0.15) is 5.75 Å². The highest BCUT2D eigenvalue weighted by atomic mass is 16.5. The molecule has 0 saturated heterocycles. The molecular weight excluding hydrogens is 336 g/mol. The number of carbonyl (C=O) groups excluding carboxylic acids is 2. The largest absolute Gasteiger partial charge is 0.493 e. The SMILES string of the molecule is CC1=CC(C)=C(C(=O)c2ccc3c(c2)OCC(c2ccccc2)C3)C(=O)C1. The molecule has 136 valence electrons. The van der Waals surface area contributed by atoms with Crippen molar-refractivity contribution in [1.82, 2.24) is 0 Å². The number of ketones is 2. The third-order valence-corrected chi connectivity index (χ3v) is 5.31. The Kier molecular flexibility index (Phi) is 4.53. The minimum absolute atomic E-state index is 0.0970. The van der Waals surface area contributed by atoms with Crippen molar-refractivity contribution in [1.29, 1.82) is 0 Å². The lowest BCUT2D eigenvalue weighted by Gasteiger charge is -2.26. The van der Waals surface area contributed by atoms with E-state index in [0.717, 1.165) is 28.9 Å². The van der Waals surface area contributed by atoms with Crippen LogP contribution in [0.5, 0.6) is 5.75 Å². The highest BCUT2D eigenvalue weighted by Crippen LogP contribution is 2.34. The van der Waals surface area contributed by atoms with Crippen LogP contribution >= 0.6 is 0 Å². The van der Waals surface area contributed by atoms with E-state index in [1.807, 2.05) is 50.3 Å². The van der Waals surface area contributed by atoms with Gasteiger partial charge in [-0.2, -0.15) is 0 Å². The second-order valence-electron chi connectivity index (χ2n) is 7.42. The monoisotopic (exact) mass is 358 g/mol. The predicted molar refractivity (Wildman–Crippen MR) is 105 cm³/mol. The Hall–Kier alpha value is -2.94.